The van der Waals surface area contributed by atoms with Crippen LogP contribution < -0.4 is 29.6 Å². The lowest BCUT2D eigenvalue weighted by Gasteiger charge is -2.36. The first-order chi connectivity index (χ1) is 15.4. The van der Waals surface area contributed by atoms with Crippen LogP contribution in [0.4, 0.5) is 0 Å². The molecule has 0 spiro atoms. The van der Waals surface area contributed by atoms with Crippen molar-refractivity contribution >= 4 is 40.9 Å². The normalized spacial score (nSPS) is 10.5. The highest BCUT2D eigenvalue weighted by atomic mass is 31.2. The molecule has 0 unspecified atom stereocenters. The van der Waals surface area contributed by atoms with Crippen LogP contribution in [0.1, 0.15) is 0 Å². The van der Waals surface area contributed by atoms with Crippen molar-refractivity contribution in [2.75, 3.05) is 0 Å². The summed E-state index contributed by atoms with van der Waals surface area (Å²) in [5.74, 6) is 0. The molecule has 32 heavy (non-hydrogen) atoms. The van der Waals surface area contributed by atoms with Crippen LogP contribution in [0.5, 0.6) is 0 Å². The van der Waals surface area contributed by atoms with Crippen molar-refractivity contribution < 1.29 is 34.2 Å². The van der Waals surface area contributed by atoms with Crippen LogP contribution in [-0.4, -0.2) is 15.0 Å². The zero-order valence-electron chi connectivity index (χ0n) is 16.7. The highest BCUT2D eigenvalue weighted by molar-refractivity contribution is 7.40. The zero-order chi connectivity index (χ0) is 22.8. The van der Waals surface area contributed by atoms with Crippen molar-refractivity contribution in [1.29, 1.82) is 0 Å². The average Bonchev–Trinajstić information content (AvgIpc) is 3.53. The standard InChI is InChI=1S/3C7H6N2.H3O4P/c3*1-2-4-7-6(3-1)8-5-9-7;1-5(2,3)4/h3*1-5H,(H,8,9);(H3,1,2,3,4). The number of imidazole rings is 3. The fraction of sp³-hybridized carbons (Fsp3) is 0. The van der Waals surface area contributed by atoms with Gasteiger partial charge in [0.05, 0.1) is 0 Å². The van der Waals surface area contributed by atoms with Gasteiger partial charge in [-0.1, -0.05) is 36.4 Å². The summed E-state index contributed by atoms with van der Waals surface area (Å²) in [4.78, 5) is 44.0. The van der Waals surface area contributed by atoms with Gasteiger partial charge in [0.15, 0.2) is 33.1 Å². The zero-order valence-corrected chi connectivity index (χ0v) is 17.6. The van der Waals surface area contributed by atoms with Gasteiger partial charge in [-0.2, -0.15) is 7.82 Å². The Balaban J connectivity index is 0.000000123. The number of nitrogens with one attached hydrogen (secondary N) is 6. The maximum Gasteiger partial charge on any atom is 0.240 e. The van der Waals surface area contributed by atoms with E-state index in [1.165, 1.54) is 0 Å². The fourth-order valence-corrected chi connectivity index (χ4v) is 2.78. The van der Waals surface area contributed by atoms with E-state index in [0.717, 1.165) is 33.1 Å². The molecule has 0 fully saturated rings. The highest BCUT2D eigenvalue weighted by Gasteiger charge is 1.96. The molecule has 0 bridgehead atoms. The summed E-state index contributed by atoms with van der Waals surface area (Å²) in [5, 5.41) is 0. The lowest BCUT2D eigenvalue weighted by Crippen LogP contribution is -2.24. The summed E-state index contributed by atoms with van der Waals surface area (Å²) in [5.41, 5.74) is 6.90. The second kappa shape index (κ2) is 11.0. The fourth-order valence-electron chi connectivity index (χ4n) is 2.78. The first-order valence-corrected chi connectivity index (χ1v) is 10.9. The molecule has 0 saturated carbocycles. The summed E-state index contributed by atoms with van der Waals surface area (Å²) < 4.78 is 8.55. The van der Waals surface area contributed by atoms with Gasteiger partial charge < -0.3 is 19.2 Å². The van der Waals surface area contributed by atoms with Gasteiger partial charge >= 0.3 is 0 Å². The van der Waals surface area contributed by atoms with Crippen LogP contribution in [0.2, 0.25) is 0 Å². The largest absolute Gasteiger partial charge is 0.822 e. The molecule has 0 aliphatic heterocycles. The van der Waals surface area contributed by atoms with Gasteiger partial charge in [-0.15, -0.1) is 0 Å². The summed E-state index contributed by atoms with van der Waals surface area (Å²) in [6.45, 7) is 0. The Morgan fingerprint density at radius 2 is 0.781 bits per heavy atom. The highest BCUT2D eigenvalue weighted by Crippen LogP contribution is 2.04. The number of rotatable bonds is 0. The molecule has 0 aliphatic rings. The minimum atomic E-state index is -5.39. The van der Waals surface area contributed by atoms with Crippen molar-refractivity contribution in [2.45, 2.75) is 0 Å². The van der Waals surface area contributed by atoms with Crippen LogP contribution in [0.25, 0.3) is 33.1 Å². The molecule has 0 atom stereocenters. The molecule has 10 nitrogen and oxygen atoms in total. The van der Waals surface area contributed by atoms with E-state index < -0.39 is 7.82 Å². The Morgan fingerprint density at radius 1 is 0.531 bits per heavy atom. The number of H-pyrrole nitrogens is 6. The van der Waals surface area contributed by atoms with Crippen LogP contribution in [-0.2, 0) is 4.57 Å². The Morgan fingerprint density at radius 3 is 1.03 bits per heavy atom. The van der Waals surface area contributed by atoms with Crippen LogP contribution in [0.15, 0.2) is 91.8 Å². The van der Waals surface area contributed by atoms with Gasteiger partial charge in [-0.3, -0.25) is 0 Å². The van der Waals surface area contributed by atoms with Crippen molar-refractivity contribution in [1.82, 2.24) is 15.0 Å². The molecule has 3 aromatic heterocycles. The molecule has 0 amide bonds. The predicted octanol–water partition coefficient (Wildman–Crippen LogP) is 0.121. The number of fused-ring (bicyclic) bond motifs is 3. The molecule has 3 heterocycles. The van der Waals surface area contributed by atoms with Crippen molar-refractivity contribution in [2.24, 2.45) is 0 Å². The molecule has 0 aliphatic carbocycles. The lowest BCUT2D eigenvalue weighted by atomic mass is 10.3. The van der Waals surface area contributed by atoms with Crippen LogP contribution in [0, 0.1) is 0 Å². The summed E-state index contributed by atoms with van der Waals surface area (Å²) >= 11 is 0. The van der Waals surface area contributed by atoms with E-state index in [9.17, 15) is 0 Å². The average molecular weight is 452 g/mol. The van der Waals surface area contributed by atoms with E-state index in [4.69, 9.17) is 19.2 Å². The topological polar surface area (TPSA) is 176 Å². The Labute approximate surface area is 182 Å². The second-order valence-corrected chi connectivity index (χ2v) is 7.28. The molecule has 11 heteroatoms. The van der Waals surface area contributed by atoms with Crippen molar-refractivity contribution in [3.8, 4) is 0 Å². The van der Waals surface area contributed by atoms with E-state index >= 15 is 0 Å². The minimum Gasteiger partial charge on any atom is -0.822 e. The van der Waals surface area contributed by atoms with E-state index in [0.29, 0.717) is 0 Å². The number of hydrogen-bond donors (Lipinski definition) is 3. The van der Waals surface area contributed by atoms with Crippen molar-refractivity contribution in [3.63, 3.8) is 0 Å². The van der Waals surface area contributed by atoms with E-state index in [-0.39, 0.29) is 0 Å². The Kier molecular flexibility index (Phi) is 7.85. The monoisotopic (exact) mass is 452 g/mol. The third-order valence-corrected chi connectivity index (χ3v) is 4.15. The molecule has 164 valence electrons. The SMILES string of the molecule is O=P([O-])([O-])[O-].c1ccc2[nH+]c[nH]c2c1.c1ccc2[nH+]c[nH]c2c1.c1ccc2[nH+]c[nH]c2c1. The second-order valence-electron chi connectivity index (χ2n) is 6.38. The number of para-hydroxylation sites is 6. The minimum absolute atomic E-state index is 1.15. The smallest absolute Gasteiger partial charge is 0.240 e. The van der Waals surface area contributed by atoms with E-state index in [1.54, 1.807) is 0 Å². The third kappa shape index (κ3) is 7.46. The lowest BCUT2D eigenvalue weighted by molar-refractivity contribution is -0.432. The number of aromatic nitrogens is 6. The van der Waals surface area contributed by atoms with E-state index in [2.05, 4.69) is 29.9 Å². The maximum absolute atomic E-state index is 8.55. The van der Waals surface area contributed by atoms with Gasteiger partial charge in [0.2, 0.25) is 19.0 Å². The summed E-state index contributed by atoms with van der Waals surface area (Å²) in [7, 11) is -5.39. The number of hydrogen-bond acceptors (Lipinski definition) is 4. The van der Waals surface area contributed by atoms with Gasteiger partial charge in [0.25, 0.3) is 0 Å². The van der Waals surface area contributed by atoms with Crippen LogP contribution in [0.3, 0.4) is 0 Å². The summed E-state index contributed by atoms with van der Waals surface area (Å²) in [6, 6.07) is 24.2. The number of benzene rings is 3. The van der Waals surface area contributed by atoms with Gasteiger partial charge in [-0.25, -0.2) is 29.9 Å². The molecule has 0 saturated heterocycles. The first kappa shape index (κ1) is 22.9. The molecule has 6 aromatic rings. The Bertz CT molecular complexity index is 1170. The first-order valence-electron chi connectivity index (χ1n) is 9.44. The molecule has 0 radical (unpaired) electrons. The maximum atomic E-state index is 8.55. The Hall–Kier alpha value is -3.82. The molecular weight excluding hydrogens is 431 g/mol. The quantitative estimate of drug-likeness (QED) is 0.278. The van der Waals surface area contributed by atoms with Crippen molar-refractivity contribution in [3.05, 3.63) is 91.8 Å². The molecule has 6 N–H and O–H groups in total. The van der Waals surface area contributed by atoms with Gasteiger partial charge in [-0.05, 0) is 36.4 Å². The van der Waals surface area contributed by atoms with Gasteiger partial charge in [0.1, 0.15) is 0 Å². The summed E-state index contributed by atoms with van der Waals surface area (Å²) in [6.07, 6.45) is 5.47. The molecule has 3 aromatic carbocycles. The van der Waals surface area contributed by atoms with Gasteiger partial charge in [0, 0.05) is 0 Å². The van der Waals surface area contributed by atoms with Crippen LogP contribution >= 0.6 is 7.82 Å². The van der Waals surface area contributed by atoms with E-state index in [1.807, 2.05) is 91.8 Å². The number of phosphoric acid groups is 1. The molecule has 6 rings (SSSR count). The molecular formula is C21H21N6O4P. The third-order valence-electron chi connectivity index (χ3n) is 4.15. The number of aromatic amines is 6. The predicted molar refractivity (Wildman–Crippen MR) is 112 cm³/mol.